The third-order valence-corrected chi connectivity index (χ3v) is 2.48. The van der Waals surface area contributed by atoms with Gasteiger partial charge in [0.05, 0.1) is 6.10 Å². The monoisotopic (exact) mass is 214 g/mol. The van der Waals surface area contributed by atoms with Gasteiger partial charge in [0.1, 0.15) is 6.10 Å². The molecule has 78 valence electrons. The number of ether oxygens (including phenoxy) is 1. The molecule has 0 aliphatic rings. The van der Waals surface area contributed by atoms with E-state index in [0.29, 0.717) is 5.02 Å². The van der Waals surface area contributed by atoms with E-state index in [-0.39, 0.29) is 6.10 Å². The van der Waals surface area contributed by atoms with Gasteiger partial charge in [-0.05, 0) is 24.1 Å². The summed E-state index contributed by atoms with van der Waals surface area (Å²) in [6, 6.07) is 7.21. The van der Waals surface area contributed by atoms with Gasteiger partial charge in [-0.15, -0.1) is 0 Å². The van der Waals surface area contributed by atoms with Crippen LogP contribution in [0.25, 0.3) is 0 Å². The lowest BCUT2D eigenvalue weighted by molar-refractivity contribution is -0.0148. The van der Waals surface area contributed by atoms with Crippen molar-refractivity contribution in [2.45, 2.75) is 25.6 Å². The van der Waals surface area contributed by atoms with Gasteiger partial charge in [-0.3, -0.25) is 0 Å². The minimum Gasteiger partial charge on any atom is -0.386 e. The summed E-state index contributed by atoms with van der Waals surface area (Å²) in [5.74, 6) is 0. The van der Waals surface area contributed by atoms with Crippen LogP contribution in [0.1, 0.15) is 25.0 Å². The standard InChI is InChI=1S/C11H15ClO2/c1-3-10(14-2)11(13)8-5-4-6-9(12)7-8/h4-7,10-11,13H,3H2,1-2H3. The molecule has 2 unspecified atom stereocenters. The van der Waals surface area contributed by atoms with Gasteiger partial charge in [-0.2, -0.15) is 0 Å². The Labute approximate surface area is 89.5 Å². The minimum atomic E-state index is -0.608. The first-order chi connectivity index (χ1) is 6.69. The lowest BCUT2D eigenvalue weighted by Gasteiger charge is -2.20. The first-order valence-electron chi connectivity index (χ1n) is 4.65. The van der Waals surface area contributed by atoms with Crippen molar-refractivity contribution in [3.8, 4) is 0 Å². The van der Waals surface area contributed by atoms with E-state index < -0.39 is 6.10 Å². The van der Waals surface area contributed by atoms with Gasteiger partial charge in [-0.1, -0.05) is 30.7 Å². The van der Waals surface area contributed by atoms with Crippen LogP contribution >= 0.6 is 11.6 Å². The van der Waals surface area contributed by atoms with Gasteiger partial charge in [0.2, 0.25) is 0 Å². The number of aliphatic hydroxyl groups excluding tert-OH is 1. The fourth-order valence-electron chi connectivity index (χ4n) is 1.42. The molecule has 1 N–H and O–H groups in total. The molecule has 14 heavy (non-hydrogen) atoms. The molecule has 2 atom stereocenters. The van der Waals surface area contributed by atoms with Crippen molar-refractivity contribution in [1.29, 1.82) is 0 Å². The van der Waals surface area contributed by atoms with Gasteiger partial charge >= 0.3 is 0 Å². The fraction of sp³-hybridized carbons (Fsp3) is 0.455. The highest BCUT2D eigenvalue weighted by Gasteiger charge is 2.18. The summed E-state index contributed by atoms with van der Waals surface area (Å²) in [4.78, 5) is 0. The lowest BCUT2D eigenvalue weighted by Crippen LogP contribution is -2.19. The molecule has 0 aromatic heterocycles. The first kappa shape index (κ1) is 11.5. The van der Waals surface area contributed by atoms with E-state index in [1.165, 1.54) is 0 Å². The summed E-state index contributed by atoms with van der Waals surface area (Å²) in [6.07, 6.45) is -0.0124. The van der Waals surface area contributed by atoms with E-state index in [4.69, 9.17) is 16.3 Å². The maximum atomic E-state index is 9.92. The summed E-state index contributed by atoms with van der Waals surface area (Å²) in [6.45, 7) is 1.97. The fourth-order valence-corrected chi connectivity index (χ4v) is 1.62. The van der Waals surface area contributed by atoms with Crippen molar-refractivity contribution in [3.05, 3.63) is 34.9 Å². The van der Waals surface area contributed by atoms with Crippen molar-refractivity contribution in [3.63, 3.8) is 0 Å². The Morgan fingerprint density at radius 3 is 2.71 bits per heavy atom. The second-order valence-electron chi connectivity index (χ2n) is 3.18. The Morgan fingerprint density at radius 1 is 1.50 bits per heavy atom. The van der Waals surface area contributed by atoms with Crippen LogP contribution in [0.4, 0.5) is 0 Å². The molecule has 0 bridgehead atoms. The molecule has 0 saturated heterocycles. The highest BCUT2D eigenvalue weighted by molar-refractivity contribution is 6.30. The molecule has 1 aromatic rings. The number of aliphatic hydroxyl groups is 1. The molecule has 0 spiro atoms. The molecule has 0 saturated carbocycles. The Kier molecular flexibility index (Phi) is 4.39. The molecule has 0 aliphatic heterocycles. The number of benzene rings is 1. The maximum Gasteiger partial charge on any atom is 0.105 e. The average molecular weight is 215 g/mol. The molecule has 0 radical (unpaired) electrons. The number of methoxy groups -OCH3 is 1. The zero-order valence-corrected chi connectivity index (χ0v) is 9.16. The van der Waals surface area contributed by atoms with Crippen molar-refractivity contribution in [2.75, 3.05) is 7.11 Å². The van der Waals surface area contributed by atoms with Crippen LogP contribution in [0.2, 0.25) is 5.02 Å². The normalized spacial score (nSPS) is 15.1. The summed E-state index contributed by atoms with van der Waals surface area (Å²) in [7, 11) is 1.60. The number of hydrogen-bond acceptors (Lipinski definition) is 2. The molecular formula is C11H15ClO2. The summed E-state index contributed by atoms with van der Waals surface area (Å²) in [5.41, 5.74) is 0.797. The molecule has 0 heterocycles. The Hall–Kier alpha value is -0.570. The van der Waals surface area contributed by atoms with Gasteiger partial charge in [0, 0.05) is 12.1 Å². The van der Waals surface area contributed by atoms with E-state index in [2.05, 4.69) is 0 Å². The van der Waals surface area contributed by atoms with Gasteiger partial charge < -0.3 is 9.84 Å². The maximum absolute atomic E-state index is 9.92. The van der Waals surface area contributed by atoms with Crippen LogP contribution in [0, 0.1) is 0 Å². The van der Waals surface area contributed by atoms with Crippen LogP contribution in [0.15, 0.2) is 24.3 Å². The molecule has 1 rings (SSSR count). The molecular weight excluding hydrogens is 200 g/mol. The van der Waals surface area contributed by atoms with E-state index in [1.807, 2.05) is 19.1 Å². The molecule has 0 amide bonds. The molecule has 1 aromatic carbocycles. The molecule has 2 nitrogen and oxygen atoms in total. The Balaban J connectivity index is 2.82. The Morgan fingerprint density at radius 2 is 2.21 bits per heavy atom. The summed E-state index contributed by atoms with van der Waals surface area (Å²) < 4.78 is 5.16. The number of hydrogen-bond donors (Lipinski definition) is 1. The van der Waals surface area contributed by atoms with Crippen molar-refractivity contribution in [2.24, 2.45) is 0 Å². The van der Waals surface area contributed by atoms with Crippen molar-refractivity contribution in [1.82, 2.24) is 0 Å². The number of rotatable bonds is 4. The van der Waals surface area contributed by atoms with Crippen LogP contribution in [0.3, 0.4) is 0 Å². The van der Waals surface area contributed by atoms with Crippen molar-refractivity contribution < 1.29 is 9.84 Å². The number of halogens is 1. The summed E-state index contributed by atoms with van der Waals surface area (Å²) >= 11 is 5.83. The quantitative estimate of drug-likeness (QED) is 0.835. The topological polar surface area (TPSA) is 29.5 Å². The van der Waals surface area contributed by atoms with Crippen molar-refractivity contribution >= 4 is 11.6 Å². The van der Waals surface area contributed by atoms with Crippen LogP contribution < -0.4 is 0 Å². The van der Waals surface area contributed by atoms with E-state index in [0.717, 1.165) is 12.0 Å². The van der Waals surface area contributed by atoms with Crippen LogP contribution in [-0.2, 0) is 4.74 Å². The van der Waals surface area contributed by atoms with Crippen LogP contribution in [0.5, 0.6) is 0 Å². The third kappa shape index (κ3) is 2.71. The molecule has 0 aliphatic carbocycles. The second-order valence-corrected chi connectivity index (χ2v) is 3.62. The van der Waals surface area contributed by atoms with Gasteiger partial charge in [0.25, 0.3) is 0 Å². The second kappa shape index (κ2) is 5.35. The third-order valence-electron chi connectivity index (χ3n) is 2.25. The first-order valence-corrected chi connectivity index (χ1v) is 5.03. The van der Waals surface area contributed by atoms with E-state index >= 15 is 0 Å². The zero-order chi connectivity index (χ0) is 10.6. The largest absolute Gasteiger partial charge is 0.386 e. The van der Waals surface area contributed by atoms with Crippen LogP contribution in [-0.4, -0.2) is 18.3 Å². The highest BCUT2D eigenvalue weighted by Crippen LogP contribution is 2.23. The smallest absolute Gasteiger partial charge is 0.105 e. The predicted octanol–water partition coefficient (Wildman–Crippen LogP) is 2.80. The van der Waals surface area contributed by atoms with E-state index in [1.54, 1.807) is 19.2 Å². The van der Waals surface area contributed by atoms with E-state index in [9.17, 15) is 5.11 Å². The summed E-state index contributed by atoms with van der Waals surface area (Å²) in [5, 5.41) is 10.6. The minimum absolute atomic E-state index is 0.173. The average Bonchev–Trinajstić information content (AvgIpc) is 2.19. The highest BCUT2D eigenvalue weighted by atomic mass is 35.5. The Bertz CT molecular complexity index is 284. The molecule has 3 heteroatoms. The van der Waals surface area contributed by atoms with Gasteiger partial charge in [0.15, 0.2) is 0 Å². The predicted molar refractivity (Wildman–Crippen MR) is 57.5 cm³/mol. The van der Waals surface area contributed by atoms with Gasteiger partial charge in [-0.25, -0.2) is 0 Å². The zero-order valence-electron chi connectivity index (χ0n) is 8.40. The SMILES string of the molecule is CCC(OC)C(O)c1cccc(Cl)c1. The molecule has 0 fully saturated rings. The lowest BCUT2D eigenvalue weighted by atomic mass is 10.0.